The number of para-hydroxylation sites is 1. The van der Waals surface area contributed by atoms with E-state index in [2.05, 4.69) is 0 Å². The number of amides is 3. The van der Waals surface area contributed by atoms with Crippen LogP contribution in [0.15, 0.2) is 54.6 Å². The number of fused-ring (bicyclic) bond motifs is 3. The molecule has 6 heteroatoms. The molecule has 0 N–H and O–H groups in total. The molecule has 0 radical (unpaired) electrons. The molecule has 2 aliphatic heterocycles. The van der Waals surface area contributed by atoms with Crippen molar-refractivity contribution >= 4 is 23.4 Å². The number of nitrogens with zero attached hydrogens (tertiary/aromatic N) is 3. The first kappa shape index (κ1) is 21.1. The molecular formula is C25H29N3O3. The molecule has 6 nitrogen and oxygen atoms in total. The molecule has 0 saturated carbocycles. The molecule has 3 amide bonds. The van der Waals surface area contributed by atoms with E-state index >= 15 is 0 Å². The number of hydrogen-bond acceptors (Lipinski definition) is 3. The molecule has 4 rings (SSSR count). The molecule has 0 spiro atoms. The normalized spacial score (nSPS) is 20.1. The van der Waals surface area contributed by atoms with Crippen LogP contribution in [0.5, 0.6) is 0 Å². The Labute approximate surface area is 183 Å². The molecule has 1 atom stereocenters. The summed E-state index contributed by atoms with van der Waals surface area (Å²) >= 11 is 0. The van der Waals surface area contributed by atoms with Gasteiger partial charge >= 0.3 is 0 Å². The fourth-order valence-electron chi connectivity index (χ4n) is 4.73. The highest BCUT2D eigenvalue weighted by molar-refractivity contribution is 6.10. The van der Waals surface area contributed by atoms with Crippen molar-refractivity contribution in [2.24, 2.45) is 0 Å². The van der Waals surface area contributed by atoms with E-state index in [0.717, 1.165) is 5.56 Å². The quantitative estimate of drug-likeness (QED) is 0.715. The Bertz CT molecular complexity index is 1000. The summed E-state index contributed by atoms with van der Waals surface area (Å²) in [5.74, 6) is -0.0901. The largest absolute Gasteiger partial charge is 0.336 e. The van der Waals surface area contributed by atoms with Gasteiger partial charge < -0.3 is 9.80 Å². The minimum absolute atomic E-state index is 0.00462. The maximum Gasteiger partial charge on any atom is 0.257 e. The summed E-state index contributed by atoms with van der Waals surface area (Å²) < 4.78 is 0. The summed E-state index contributed by atoms with van der Waals surface area (Å²) in [5, 5.41) is 0. The second kappa shape index (κ2) is 8.17. The molecular weight excluding hydrogens is 390 g/mol. The Hall–Kier alpha value is -3.15. The number of anilines is 1. The van der Waals surface area contributed by atoms with Crippen molar-refractivity contribution in [3.8, 4) is 0 Å². The number of carbonyl (C=O) groups excluding carboxylic acids is 3. The topological polar surface area (TPSA) is 60.9 Å². The van der Waals surface area contributed by atoms with E-state index in [1.807, 2.05) is 74.2 Å². The van der Waals surface area contributed by atoms with Crippen molar-refractivity contribution in [3.63, 3.8) is 0 Å². The molecule has 162 valence electrons. The molecule has 1 saturated heterocycles. The SMILES string of the molecule is CC(C)N(Cc1ccccc1)C(=O)CCN1C(=O)c2ccccc2N2C(=O)CCC12C. The van der Waals surface area contributed by atoms with E-state index in [-0.39, 0.29) is 36.7 Å². The molecule has 31 heavy (non-hydrogen) atoms. The highest BCUT2D eigenvalue weighted by Gasteiger charge is 2.52. The predicted octanol–water partition coefficient (Wildman–Crippen LogP) is 3.81. The zero-order valence-electron chi connectivity index (χ0n) is 18.4. The van der Waals surface area contributed by atoms with Gasteiger partial charge in [-0.05, 0) is 44.9 Å². The predicted molar refractivity (Wildman–Crippen MR) is 119 cm³/mol. The van der Waals surface area contributed by atoms with Gasteiger partial charge in [0.1, 0.15) is 5.66 Å². The van der Waals surface area contributed by atoms with Gasteiger partial charge in [0.25, 0.3) is 5.91 Å². The lowest BCUT2D eigenvalue weighted by atomic mass is 9.98. The standard InChI is InChI=1S/C25H29N3O3/c1-18(2)26(17-19-9-5-4-6-10-19)22(29)14-16-27-24(31)20-11-7-8-12-21(20)28-23(30)13-15-25(27,28)3/h4-12,18H,13-17H2,1-3H3. The van der Waals surface area contributed by atoms with Crippen LogP contribution in [0.4, 0.5) is 5.69 Å². The van der Waals surface area contributed by atoms with Gasteiger partial charge in [0.2, 0.25) is 11.8 Å². The lowest BCUT2D eigenvalue weighted by Crippen LogP contribution is -2.62. The van der Waals surface area contributed by atoms with Gasteiger partial charge in [-0.3, -0.25) is 19.3 Å². The average Bonchev–Trinajstić information content (AvgIpc) is 3.07. The Morgan fingerprint density at radius 1 is 1.06 bits per heavy atom. The minimum atomic E-state index is -0.731. The van der Waals surface area contributed by atoms with Crippen molar-refractivity contribution in [2.75, 3.05) is 11.4 Å². The molecule has 0 aliphatic carbocycles. The van der Waals surface area contributed by atoms with Gasteiger partial charge in [-0.25, -0.2) is 0 Å². The molecule has 0 aromatic heterocycles. The third-order valence-corrected chi connectivity index (χ3v) is 6.43. The summed E-state index contributed by atoms with van der Waals surface area (Å²) in [4.78, 5) is 44.5. The van der Waals surface area contributed by atoms with Crippen LogP contribution in [-0.2, 0) is 16.1 Å². The van der Waals surface area contributed by atoms with Gasteiger partial charge in [-0.2, -0.15) is 0 Å². The first-order chi connectivity index (χ1) is 14.8. The van der Waals surface area contributed by atoms with E-state index in [1.165, 1.54) is 0 Å². The van der Waals surface area contributed by atoms with E-state index in [4.69, 9.17) is 0 Å². The minimum Gasteiger partial charge on any atom is -0.336 e. The van der Waals surface area contributed by atoms with E-state index < -0.39 is 5.66 Å². The molecule has 2 aromatic carbocycles. The average molecular weight is 420 g/mol. The number of carbonyl (C=O) groups is 3. The zero-order chi connectivity index (χ0) is 22.2. The van der Waals surface area contributed by atoms with Gasteiger partial charge in [0.15, 0.2) is 0 Å². The smallest absolute Gasteiger partial charge is 0.257 e. The number of hydrogen-bond donors (Lipinski definition) is 0. The van der Waals surface area contributed by atoms with Gasteiger partial charge in [0.05, 0.1) is 11.3 Å². The maximum atomic E-state index is 13.3. The molecule has 2 aromatic rings. The molecule has 0 bridgehead atoms. The van der Waals surface area contributed by atoms with Gasteiger partial charge in [0, 0.05) is 32.0 Å². The highest BCUT2D eigenvalue weighted by Crippen LogP contribution is 2.44. The molecule has 2 aliphatic rings. The van der Waals surface area contributed by atoms with Crippen LogP contribution in [0.3, 0.4) is 0 Å². The lowest BCUT2D eigenvalue weighted by Gasteiger charge is -2.48. The Morgan fingerprint density at radius 2 is 1.74 bits per heavy atom. The van der Waals surface area contributed by atoms with Crippen molar-refractivity contribution in [3.05, 3.63) is 65.7 Å². The van der Waals surface area contributed by atoms with Crippen LogP contribution in [0.1, 0.15) is 56.0 Å². The number of benzene rings is 2. The van der Waals surface area contributed by atoms with E-state index in [1.54, 1.807) is 15.9 Å². The molecule has 1 fully saturated rings. The lowest BCUT2D eigenvalue weighted by molar-refractivity contribution is -0.134. The van der Waals surface area contributed by atoms with E-state index in [0.29, 0.717) is 30.6 Å². The summed E-state index contributed by atoms with van der Waals surface area (Å²) in [6.07, 6.45) is 1.18. The molecule has 1 unspecified atom stereocenters. The van der Waals surface area contributed by atoms with Crippen molar-refractivity contribution < 1.29 is 14.4 Å². The van der Waals surface area contributed by atoms with Crippen molar-refractivity contribution in [1.29, 1.82) is 0 Å². The van der Waals surface area contributed by atoms with Crippen LogP contribution in [0, 0.1) is 0 Å². The van der Waals surface area contributed by atoms with Crippen molar-refractivity contribution in [2.45, 2.75) is 58.3 Å². The second-order valence-corrected chi connectivity index (χ2v) is 8.77. The fourth-order valence-corrected chi connectivity index (χ4v) is 4.73. The molecule has 2 heterocycles. The maximum absolute atomic E-state index is 13.3. The van der Waals surface area contributed by atoms with Crippen LogP contribution < -0.4 is 4.90 Å². The third-order valence-electron chi connectivity index (χ3n) is 6.43. The zero-order valence-corrected chi connectivity index (χ0v) is 18.4. The second-order valence-electron chi connectivity index (χ2n) is 8.77. The van der Waals surface area contributed by atoms with Crippen LogP contribution >= 0.6 is 0 Å². The highest BCUT2D eigenvalue weighted by atomic mass is 16.2. The van der Waals surface area contributed by atoms with Crippen LogP contribution in [0.2, 0.25) is 0 Å². The number of rotatable bonds is 6. The Balaban J connectivity index is 1.55. The van der Waals surface area contributed by atoms with E-state index in [9.17, 15) is 14.4 Å². The monoisotopic (exact) mass is 419 g/mol. The fraction of sp³-hybridized carbons (Fsp3) is 0.400. The first-order valence-electron chi connectivity index (χ1n) is 10.9. The third kappa shape index (κ3) is 3.71. The van der Waals surface area contributed by atoms with Crippen LogP contribution in [-0.4, -0.2) is 45.8 Å². The first-order valence-corrected chi connectivity index (χ1v) is 10.9. The van der Waals surface area contributed by atoms with Gasteiger partial charge in [-0.15, -0.1) is 0 Å². The Morgan fingerprint density at radius 3 is 2.45 bits per heavy atom. The van der Waals surface area contributed by atoms with Crippen LogP contribution in [0.25, 0.3) is 0 Å². The van der Waals surface area contributed by atoms with Crippen molar-refractivity contribution in [1.82, 2.24) is 9.80 Å². The summed E-state index contributed by atoms with van der Waals surface area (Å²) in [6, 6.07) is 17.2. The Kier molecular flexibility index (Phi) is 5.56. The summed E-state index contributed by atoms with van der Waals surface area (Å²) in [5.41, 5.74) is 1.54. The summed E-state index contributed by atoms with van der Waals surface area (Å²) in [7, 11) is 0. The summed E-state index contributed by atoms with van der Waals surface area (Å²) in [6.45, 7) is 6.75. The van der Waals surface area contributed by atoms with Gasteiger partial charge in [-0.1, -0.05) is 42.5 Å².